The van der Waals surface area contributed by atoms with Gasteiger partial charge in [-0.05, 0) is 18.2 Å². The van der Waals surface area contributed by atoms with Crippen LogP contribution < -0.4 is 10.1 Å². The first-order chi connectivity index (χ1) is 12.7. The molecular formula is C19H17N3O4. The fraction of sp³-hybridized carbons (Fsp3) is 0.105. The van der Waals surface area contributed by atoms with E-state index in [1.165, 1.54) is 12.3 Å². The summed E-state index contributed by atoms with van der Waals surface area (Å²) in [5.74, 6) is -0.539. The van der Waals surface area contributed by atoms with Gasteiger partial charge in [0.1, 0.15) is 11.4 Å². The number of aromatic amines is 1. The van der Waals surface area contributed by atoms with Gasteiger partial charge in [0, 0.05) is 23.5 Å². The van der Waals surface area contributed by atoms with E-state index < -0.39 is 18.0 Å². The van der Waals surface area contributed by atoms with Crippen LogP contribution in [0.1, 0.15) is 22.2 Å². The fourth-order valence-corrected chi connectivity index (χ4v) is 2.35. The highest BCUT2D eigenvalue weighted by atomic mass is 16.5. The van der Waals surface area contributed by atoms with Gasteiger partial charge in [0.25, 0.3) is 5.91 Å². The van der Waals surface area contributed by atoms with E-state index in [-0.39, 0.29) is 5.69 Å². The number of hydrogen-bond acceptors (Lipinski definition) is 5. The summed E-state index contributed by atoms with van der Waals surface area (Å²) >= 11 is 0. The minimum absolute atomic E-state index is 0.167. The molecule has 0 fully saturated rings. The van der Waals surface area contributed by atoms with Crippen molar-refractivity contribution in [3.8, 4) is 5.75 Å². The van der Waals surface area contributed by atoms with Crippen LogP contribution in [0.3, 0.4) is 0 Å². The first-order valence-corrected chi connectivity index (χ1v) is 7.87. The van der Waals surface area contributed by atoms with Gasteiger partial charge in [-0.1, -0.05) is 36.4 Å². The van der Waals surface area contributed by atoms with Crippen LogP contribution >= 0.6 is 0 Å². The second kappa shape index (κ2) is 7.98. The van der Waals surface area contributed by atoms with Gasteiger partial charge >= 0.3 is 5.97 Å². The molecule has 0 spiro atoms. The highest BCUT2D eigenvalue weighted by Crippen LogP contribution is 2.23. The van der Waals surface area contributed by atoms with Gasteiger partial charge in [-0.2, -0.15) is 5.10 Å². The number of benzene rings is 2. The normalized spacial score (nSPS) is 11.4. The largest absolute Gasteiger partial charge is 0.497 e. The Labute approximate surface area is 150 Å². The van der Waals surface area contributed by atoms with E-state index in [2.05, 4.69) is 15.5 Å². The summed E-state index contributed by atoms with van der Waals surface area (Å²) in [6, 6.07) is 17.2. The molecule has 1 amide bonds. The summed E-state index contributed by atoms with van der Waals surface area (Å²) in [5, 5.41) is 8.98. The maximum atomic E-state index is 12.8. The van der Waals surface area contributed by atoms with E-state index in [1.807, 2.05) is 6.07 Å². The molecule has 7 nitrogen and oxygen atoms in total. The smallest absolute Gasteiger partial charge is 0.357 e. The van der Waals surface area contributed by atoms with Crippen molar-refractivity contribution in [3.63, 3.8) is 0 Å². The van der Waals surface area contributed by atoms with Crippen LogP contribution in [0.5, 0.6) is 5.75 Å². The Morgan fingerprint density at radius 2 is 1.88 bits per heavy atom. The molecule has 1 heterocycles. The van der Waals surface area contributed by atoms with Crippen molar-refractivity contribution in [2.75, 3.05) is 12.4 Å². The van der Waals surface area contributed by atoms with Crippen LogP contribution in [0.25, 0.3) is 0 Å². The number of rotatable bonds is 6. The van der Waals surface area contributed by atoms with E-state index in [1.54, 1.807) is 55.6 Å². The molecule has 3 rings (SSSR count). The maximum absolute atomic E-state index is 12.8. The summed E-state index contributed by atoms with van der Waals surface area (Å²) in [6.45, 7) is 0. The highest BCUT2D eigenvalue weighted by Gasteiger charge is 2.26. The lowest BCUT2D eigenvalue weighted by Gasteiger charge is -2.18. The van der Waals surface area contributed by atoms with Crippen LogP contribution in [0.4, 0.5) is 5.69 Å². The first kappa shape index (κ1) is 17.2. The third-order valence-electron chi connectivity index (χ3n) is 3.62. The maximum Gasteiger partial charge on any atom is 0.357 e. The molecule has 7 heteroatoms. The van der Waals surface area contributed by atoms with Crippen molar-refractivity contribution in [3.05, 3.63) is 78.1 Å². The zero-order valence-electron chi connectivity index (χ0n) is 14.0. The van der Waals surface area contributed by atoms with Gasteiger partial charge in [0.15, 0.2) is 0 Å². The Hall–Kier alpha value is -3.61. The number of carbonyl (C=O) groups is 2. The van der Waals surface area contributed by atoms with Gasteiger partial charge < -0.3 is 14.8 Å². The van der Waals surface area contributed by atoms with Gasteiger partial charge in [0.2, 0.25) is 6.10 Å². The lowest BCUT2D eigenvalue weighted by Crippen LogP contribution is -2.26. The number of methoxy groups -OCH3 is 1. The molecule has 2 N–H and O–H groups in total. The molecule has 0 radical (unpaired) electrons. The first-order valence-electron chi connectivity index (χ1n) is 7.87. The number of ether oxygens (including phenoxy) is 2. The molecule has 0 saturated carbocycles. The molecule has 1 aromatic heterocycles. The van der Waals surface area contributed by atoms with E-state index >= 15 is 0 Å². The average Bonchev–Trinajstić information content (AvgIpc) is 3.21. The third kappa shape index (κ3) is 4.07. The highest BCUT2D eigenvalue weighted by molar-refractivity contribution is 5.97. The molecule has 0 bridgehead atoms. The number of nitrogens with one attached hydrogen (secondary N) is 2. The average molecular weight is 351 g/mol. The molecule has 0 aliphatic heterocycles. The van der Waals surface area contributed by atoms with Crippen molar-refractivity contribution < 1.29 is 19.1 Å². The van der Waals surface area contributed by atoms with E-state index in [9.17, 15) is 9.59 Å². The summed E-state index contributed by atoms with van der Waals surface area (Å²) in [4.78, 5) is 25.0. The zero-order valence-corrected chi connectivity index (χ0v) is 14.0. The van der Waals surface area contributed by atoms with Crippen LogP contribution in [0, 0.1) is 0 Å². The van der Waals surface area contributed by atoms with E-state index in [0.29, 0.717) is 17.0 Å². The van der Waals surface area contributed by atoms with Gasteiger partial charge in [-0.25, -0.2) is 4.79 Å². The number of hydrogen-bond donors (Lipinski definition) is 2. The van der Waals surface area contributed by atoms with Crippen molar-refractivity contribution >= 4 is 17.6 Å². The predicted molar refractivity (Wildman–Crippen MR) is 94.8 cm³/mol. The van der Waals surface area contributed by atoms with Crippen molar-refractivity contribution in [1.29, 1.82) is 0 Å². The molecule has 1 atom stereocenters. The predicted octanol–water partition coefficient (Wildman–Crippen LogP) is 2.96. The number of amides is 1. The molecule has 3 aromatic rings. The molecule has 132 valence electrons. The second-order valence-corrected chi connectivity index (χ2v) is 5.39. The van der Waals surface area contributed by atoms with Crippen LogP contribution in [-0.2, 0) is 9.53 Å². The minimum atomic E-state index is -1.11. The summed E-state index contributed by atoms with van der Waals surface area (Å²) in [5.41, 5.74) is 1.26. The number of H-pyrrole nitrogens is 1. The quantitative estimate of drug-likeness (QED) is 0.666. The lowest BCUT2D eigenvalue weighted by atomic mass is 10.1. The van der Waals surface area contributed by atoms with Gasteiger partial charge in [-0.3, -0.25) is 9.89 Å². The fourth-order valence-electron chi connectivity index (χ4n) is 2.35. The van der Waals surface area contributed by atoms with Crippen molar-refractivity contribution in [2.24, 2.45) is 0 Å². The van der Waals surface area contributed by atoms with Crippen molar-refractivity contribution in [1.82, 2.24) is 10.2 Å². The number of nitrogens with zero attached hydrogens (tertiary/aromatic N) is 1. The Balaban J connectivity index is 1.82. The number of esters is 1. The summed E-state index contributed by atoms with van der Waals surface area (Å²) in [6.07, 6.45) is 0.322. The number of carbonyl (C=O) groups excluding carboxylic acids is 2. The molecule has 1 unspecified atom stereocenters. The summed E-state index contributed by atoms with van der Waals surface area (Å²) < 4.78 is 10.6. The van der Waals surface area contributed by atoms with Crippen molar-refractivity contribution in [2.45, 2.75) is 6.10 Å². The van der Waals surface area contributed by atoms with Gasteiger partial charge in [0.05, 0.1) is 7.11 Å². The number of aromatic nitrogens is 2. The number of anilines is 1. The zero-order chi connectivity index (χ0) is 18.4. The lowest BCUT2D eigenvalue weighted by molar-refractivity contribution is -0.125. The van der Waals surface area contributed by atoms with Crippen LogP contribution in [-0.4, -0.2) is 29.2 Å². The molecule has 2 aromatic carbocycles. The Kier molecular flexibility index (Phi) is 5.28. The van der Waals surface area contributed by atoms with E-state index in [4.69, 9.17) is 9.47 Å². The SMILES string of the molecule is COc1cccc(NC(=O)C(OC(=O)c2ccn[nH]2)c2ccccc2)c1. The Bertz CT molecular complexity index is 879. The standard InChI is InChI=1S/C19H17N3O4/c1-25-15-9-5-8-14(12-15)21-18(23)17(13-6-3-2-4-7-13)26-19(24)16-10-11-20-22-16/h2-12,17H,1H3,(H,20,22)(H,21,23). The topological polar surface area (TPSA) is 93.3 Å². The molecular weight excluding hydrogens is 334 g/mol. The minimum Gasteiger partial charge on any atom is -0.497 e. The molecule has 0 saturated heterocycles. The molecule has 0 aliphatic carbocycles. The molecule has 26 heavy (non-hydrogen) atoms. The van der Waals surface area contributed by atoms with Crippen LogP contribution in [0.15, 0.2) is 66.9 Å². The summed E-state index contributed by atoms with van der Waals surface area (Å²) in [7, 11) is 1.54. The van der Waals surface area contributed by atoms with Gasteiger partial charge in [-0.15, -0.1) is 0 Å². The Morgan fingerprint density at radius 3 is 2.58 bits per heavy atom. The van der Waals surface area contributed by atoms with E-state index in [0.717, 1.165) is 0 Å². The Morgan fingerprint density at radius 1 is 1.08 bits per heavy atom. The third-order valence-corrected chi connectivity index (χ3v) is 3.62. The second-order valence-electron chi connectivity index (χ2n) is 5.39. The van der Waals surface area contributed by atoms with Crippen LogP contribution in [0.2, 0.25) is 0 Å². The molecule has 0 aliphatic rings. The monoisotopic (exact) mass is 351 g/mol.